The molecule has 1 aliphatic rings. The summed E-state index contributed by atoms with van der Waals surface area (Å²) in [5.74, 6) is 0.485. The molecule has 0 aliphatic carbocycles. The van der Waals surface area contributed by atoms with Gasteiger partial charge in [-0.1, -0.05) is 40.2 Å². The van der Waals surface area contributed by atoms with E-state index in [-0.39, 0.29) is 12.5 Å². The topological polar surface area (TPSA) is 66.9 Å². The number of carbonyl (C=O) groups is 1. The first-order valence-electron chi connectivity index (χ1n) is 8.54. The maximum absolute atomic E-state index is 12.3. The quantitative estimate of drug-likeness (QED) is 0.698. The van der Waals surface area contributed by atoms with Crippen LogP contribution in [0.3, 0.4) is 0 Å². The minimum Gasteiger partial charge on any atom is -0.484 e. The van der Waals surface area contributed by atoms with Gasteiger partial charge in [-0.15, -0.1) is 0 Å². The molecule has 1 amide bonds. The molecule has 0 unspecified atom stereocenters. The van der Waals surface area contributed by atoms with Gasteiger partial charge in [-0.3, -0.25) is 4.79 Å². The van der Waals surface area contributed by atoms with E-state index in [9.17, 15) is 13.2 Å². The van der Waals surface area contributed by atoms with Gasteiger partial charge in [-0.2, -0.15) is 4.31 Å². The molecule has 27 heavy (non-hydrogen) atoms. The lowest BCUT2D eigenvalue weighted by atomic mass is 10.1. The van der Waals surface area contributed by atoms with E-state index in [2.05, 4.69) is 15.9 Å². The van der Waals surface area contributed by atoms with E-state index < -0.39 is 10.0 Å². The summed E-state index contributed by atoms with van der Waals surface area (Å²) >= 11 is 3.42. The lowest BCUT2D eigenvalue weighted by molar-refractivity contribution is -0.134. The van der Waals surface area contributed by atoms with E-state index in [0.717, 1.165) is 15.6 Å². The van der Waals surface area contributed by atoms with E-state index >= 15 is 0 Å². The first kappa shape index (κ1) is 19.9. The Morgan fingerprint density at radius 3 is 2.00 bits per heavy atom. The summed E-state index contributed by atoms with van der Waals surface area (Å²) in [5, 5.41) is 0. The Kier molecular flexibility index (Phi) is 6.18. The number of halogens is 1. The summed E-state index contributed by atoms with van der Waals surface area (Å²) in [7, 11) is -3.20. The molecule has 1 fully saturated rings. The number of rotatable bonds is 5. The molecule has 2 aromatic carbocycles. The van der Waals surface area contributed by atoms with Crippen LogP contribution in [0.25, 0.3) is 11.1 Å². The van der Waals surface area contributed by atoms with Crippen molar-refractivity contribution in [2.45, 2.75) is 0 Å². The number of ether oxygens (including phenoxy) is 1. The molecule has 8 heteroatoms. The van der Waals surface area contributed by atoms with Crippen LogP contribution in [0.1, 0.15) is 0 Å². The normalized spacial score (nSPS) is 15.6. The molecule has 1 saturated heterocycles. The Bertz CT molecular complexity index is 890. The van der Waals surface area contributed by atoms with Crippen molar-refractivity contribution in [2.75, 3.05) is 39.0 Å². The van der Waals surface area contributed by atoms with Gasteiger partial charge in [0, 0.05) is 30.7 Å². The number of amides is 1. The summed E-state index contributed by atoms with van der Waals surface area (Å²) in [6.07, 6.45) is 1.19. The smallest absolute Gasteiger partial charge is 0.260 e. The predicted molar refractivity (Wildman–Crippen MR) is 108 cm³/mol. The fraction of sp³-hybridized carbons (Fsp3) is 0.316. The Labute approximate surface area is 167 Å². The molecule has 0 N–H and O–H groups in total. The van der Waals surface area contributed by atoms with Gasteiger partial charge >= 0.3 is 0 Å². The van der Waals surface area contributed by atoms with Crippen molar-refractivity contribution in [1.82, 2.24) is 9.21 Å². The Morgan fingerprint density at radius 2 is 1.48 bits per heavy atom. The molecule has 6 nitrogen and oxygen atoms in total. The molecule has 0 aromatic heterocycles. The number of nitrogens with zero attached hydrogens (tertiary/aromatic N) is 2. The van der Waals surface area contributed by atoms with Crippen LogP contribution >= 0.6 is 15.9 Å². The summed E-state index contributed by atoms with van der Waals surface area (Å²) < 4.78 is 31.0. The zero-order valence-electron chi connectivity index (χ0n) is 15.0. The molecular weight excluding hydrogens is 432 g/mol. The van der Waals surface area contributed by atoms with Crippen molar-refractivity contribution < 1.29 is 17.9 Å². The maximum Gasteiger partial charge on any atom is 0.260 e. The zero-order valence-corrected chi connectivity index (χ0v) is 17.4. The highest BCUT2D eigenvalue weighted by molar-refractivity contribution is 9.10. The number of hydrogen-bond donors (Lipinski definition) is 0. The molecular formula is C19H21BrN2O4S. The van der Waals surface area contributed by atoms with Gasteiger partial charge in [0.05, 0.1) is 6.26 Å². The largest absolute Gasteiger partial charge is 0.484 e. The van der Waals surface area contributed by atoms with Crippen LogP contribution in [0.4, 0.5) is 0 Å². The second kappa shape index (κ2) is 8.41. The molecule has 0 saturated carbocycles. The fourth-order valence-electron chi connectivity index (χ4n) is 2.89. The Morgan fingerprint density at radius 1 is 0.963 bits per heavy atom. The highest BCUT2D eigenvalue weighted by Gasteiger charge is 2.26. The number of piperazine rings is 1. The van der Waals surface area contributed by atoms with Gasteiger partial charge in [0.1, 0.15) is 5.75 Å². The minimum atomic E-state index is -3.20. The third-order valence-corrected chi connectivity index (χ3v) is 6.29. The van der Waals surface area contributed by atoms with Crippen LogP contribution in [0.5, 0.6) is 5.75 Å². The molecule has 0 atom stereocenters. The molecule has 0 spiro atoms. The summed E-state index contributed by atoms with van der Waals surface area (Å²) in [6.45, 7) is 1.37. The number of sulfonamides is 1. The van der Waals surface area contributed by atoms with Gasteiger partial charge < -0.3 is 9.64 Å². The molecule has 0 bridgehead atoms. The van der Waals surface area contributed by atoms with Crippen LogP contribution < -0.4 is 4.74 Å². The van der Waals surface area contributed by atoms with E-state index in [1.807, 2.05) is 48.5 Å². The minimum absolute atomic E-state index is 0.0590. The van der Waals surface area contributed by atoms with E-state index in [0.29, 0.717) is 31.9 Å². The fourth-order valence-corrected chi connectivity index (χ4v) is 3.98. The number of hydrogen-bond acceptors (Lipinski definition) is 4. The molecule has 3 rings (SSSR count). The lowest BCUT2D eigenvalue weighted by Gasteiger charge is -2.33. The molecule has 144 valence electrons. The molecule has 1 heterocycles. The highest BCUT2D eigenvalue weighted by atomic mass is 79.9. The summed E-state index contributed by atoms with van der Waals surface area (Å²) in [5.41, 5.74) is 2.17. The van der Waals surface area contributed by atoms with Crippen molar-refractivity contribution in [2.24, 2.45) is 0 Å². The lowest BCUT2D eigenvalue weighted by Crippen LogP contribution is -2.51. The Balaban J connectivity index is 1.51. The first-order chi connectivity index (χ1) is 12.8. The second-order valence-corrected chi connectivity index (χ2v) is 9.26. The Hall–Kier alpha value is -1.90. The van der Waals surface area contributed by atoms with Crippen LogP contribution in [0.15, 0.2) is 53.0 Å². The van der Waals surface area contributed by atoms with E-state index in [1.165, 1.54) is 10.6 Å². The maximum atomic E-state index is 12.3. The third-order valence-electron chi connectivity index (χ3n) is 4.45. The first-order valence-corrected chi connectivity index (χ1v) is 11.2. The summed E-state index contributed by atoms with van der Waals surface area (Å²) in [6, 6.07) is 15.6. The zero-order chi connectivity index (χ0) is 19.4. The van der Waals surface area contributed by atoms with Crippen molar-refractivity contribution in [3.63, 3.8) is 0 Å². The van der Waals surface area contributed by atoms with Gasteiger partial charge in [0.25, 0.3) is 5.91 Å². The van der Waals surface area contributed by atoms with Crippen molar-refractivity contribution in [1.29, 1.82) is 0 Å². The predicted octanol–water partition coefficient (Wildman–Crippen LogP) is 2.60. The van der Waals surface area contributed by atoms with Gasteiger partial charge in [0.2, 0.25) is 10.0 Å². The average Bonchev–Trinajstić information content (AvgIpc) is 2.66. The van der Waals surface area contributed by atoms with Crippen molar-refractivity contribution in [3.05, 3.63) is 53.0 Å². The van der Waals surface area contributed by atoms with Crippen molar-refractivity contribution in [3.8, 4) is 16.9 Å². The monoisotopic (exact) mass is 452 g/mol. The van der Waals surface area contributed by atoms with Crippen molar-refractivity contribution >= 4 is 31.9 Å². The standard InChI is InChI=1S/C19H21BrN2O4S/c1-27(24,25)22-12-10-21(11-13-22)19(23)14-26-18-8-4-16(5-9-18)15-2-6-17(20)7-3-15/h2-9H,10-14H2,1H3. The van der Waals surface area contributed by atoms with E-state index in [4.69, 9.17) is 4.74 Å². The van der Waals surface area contributed by atoms with Crippen LogP contribution in [-0.4, -0.2) is 62.6 Å². The van der Waals surface area contributed by atoms with E-state index in [1.54, 1.807) is 4.90 Å². The van der Waals surface area contributed by atoms with Crippen LogP contribution in [-0.2, 0) is 14.8 Å². The van der Waals surface area contributed by atoms with Crippen LogP contribution in [0.2, 0.25) is 0 Å². The number of benzene rings is 2. The van der Waals surface area contributed by atoms with Gasteiger partial charge in [0.15, 0.2) is 6.61 Å². The van der Waals surface area contributed by atoms with Crippen LogP contribution in [0, 0.1) is 0 Å². The second-order valence-electron chi connectivity index (χ2n) is 6.36. The average molecular weight is 453 g/mol. The number of carbonyl (C=O) groups excluding carboxylic acids is 1. The summed E-state index contributed by atoms with van der Waals surface area (Å²) in [4.78, 5) is 13.9. The highest BCUT2D eigenvalue weighted by Crippen LogP contribution is 2.24. The molecule has 1 aliphatic heterocycles. The molecule has 2 aromatic rings. The van der Waals surface area contributed by atoms with Gasteiger partial charge in [-0.25, -0.2) is 8.42 Å². The molecule has 0 radical (unpaired) electrons. The SMILES string of the molecule is CS(=O)(=O)N1CCN(C(=O)COc2ccc(-c3ccc(Br)cc3)cc2)CC1. The third kappa shape index (κ3) is 5.31. The van der Waals surface area contributed by atoms with Gasteiger partial charge in [-0.05, 0) is 35.4 Å².